The largest absolute Gasteiger partial charge is 0.355 e. The third kappa shape index (κ3) is 3.20. The van der Waals surface area contributed by atoms with E-state index in [9.17, 15) is 10.1 Å². The van der Waals surface area contributed by atoms with Crippen LogP contribution in [0.25, 0.3) is 11.6 Å². The molecule has 1 aromatic heterocycles. The van der Waals surface area contributed by atoms with Crippen molar-refractivity contribution in [3.8, 4) is 6.07 Å². The van der Waals surface area contributed by atoms with E-state index in [1.54, 1.807) is 25.3 Å². The topological polar surface area (TPSA) is 83.6 Å². The summed E-state index contributed by atoms with van der Waals surface area (Å²) in [6.07, 6.45) is 6.07. The van der Waals surface area contributed by atoms with Gasteiger partial charge in [0.15, 0.2) is 5.82 Å². The van der Waals surface area contributed by atoms with Crippen LogP contribution in [0.5, 0.6) is 0 Å². The number of rotatable bonds is 3. The van der Waals surface area contributed by atoms with Gasteiger partial charge in [0.2, 0.25) is 0 Å². The molecule has 0 saturated heterocycles. The summed E-state index contributed by atoms with van der Waals surface area (Å²) in [6, 6.07) is 9.35. The summed E-state index contributed by atoms with van der Waals surface area (Å²) in [5, 5.41) is 20.6. The molecular formula is C18H19N5O. The van der Waals surface area contributed by atoms with E-state index in [4.69, 9.17) is 0 Å². The third-order valence-electron chi connectivity index (χ3n) is 4.18. The van der Waals surface area contributed by atoms with Gasteiger partial charge >= 0.3 is 0 Å². The molecule has 1 aromatic carbocycles. The molecule has 1 aliphatic heterocycles. The molecule has 0 aliphatic carbocycles. The van der Waals surface area contributed by atoms with Crippen molar-refractivity contribution in [3.63, 3.8) is 0 Å². The highest BCUT2D eigenvalue weighted by Gasteiger charge is 2.17. The fraction of sp³-hybridized carbons (Fsp3) is 0.333. The summed E-state index contributed by atoms with van der Waals surface area (Å²) in [7, 11) is 1.60. The molecule has 6 heteroatoms. The number of carbonyl (C=O) groups is 1. The highest BCUT2D eigenvalue weighted by molar-refractivity contribution is 5.94. The number of allylic oxidation sites excluding steroid dienone is 1. The predicted octanol–water partition coefficient (Wildman–Crippen LogP) is 2.43. The molecule has 122 valence electrons. The Balaban J connectivity index is 1.92. The smallest absolute Gasteiger partial charge is 0.251 e. The normalized spacial score (nSPS) is 14.4. The number of aryl methyl sites for hydroxylation is 1. The molecule has 2 aromatic rings. The van der Waals surface area contributed by atoms with Gasteiger partial charge in [0.25, 0.3) is 5.91 Å². The molecular weight excluding hydrogens is 302 g/mol. The Bertz CT molecular complexity index is 811. The molecule has 0 atom stereocenters. The zero-order valence-electron chi connectivity index (χ0n) is 13.6. The van der Waals surface area contributed by atoms with Crippen molar-refractivity contribution in [2.24, 2.45) is 0 Å². The Morgan fingerprint density at radius 3 is 2.75 bits per heavy atom. The summed E-state index contributed by atoms with van der Waals surface area (Å²) < 4.78 is 2.06. The first-order chi connectivity index (χ1) is 11.7. The van der Waals surface area contributed by atoms with E-state index in [1.807, 2.05) is 12.1 Å². The maximum absolute atomic E-state index is 11.6. The molecule has 0 saturated carbocycles. The third-order valence-corrected chi connectivity index (χ3v) is 4.18. The van der Waals surface area contributed by atoms with E-state index in [1.165, 1.54) is 6.42 Å². The van der Waals surface area contributed by atoms with Crippen LogP contribution in [0.1, 0.15) is 46.8 Å². The number of hydrogen-bond donors (Lipinski definition) is 1. The van der Waals surface area contributed by atoms with Crippen LogP contribution in [0.4, 0.5) is 0 Å². The minimum absolute atomic E-state index is 0.131. The SMILES string of the molecule is CNC(=O)c1ccc(C=C(C#N)c2nnc3n2CCCCC3)cc1. The molecule has 0 spiro atoms. The maximum atomic E-state index is 11.6. The second-order valence-corrected chi connectivity index (χ2v) is 5.77. The van der Waals surface area contributed by atoms with Crippen molar-refractivity contribution in [2.75, 3.05) is 7.05 Å². The number of hydrogen-bond acceptors (Lipinski definition) is 4. The number of aromatic nitrogens is 3. The second kappa shape index (κ2) is 7.09. The van der Waals surface area contributed by atoms with Gasteiger partial charge in [-0.15, -0.1) is 10.2 Å². The van der Waals surface area contributed by atoms with E-state index in [-0.39, 0.29) is 5.91 Å². The van der Waals surface area contributed by atoms with E-state index < -0.39 is 0 Å². The van der Waals surface area contributed by atoms with E-state index in [0.717, 1.165) is 37.2 Å². The lowest BCUT2D eigenvalue weighted by molar-refractivity contribution is 0.0963. The Morgan fingerprint density at radius 1 is 1.25 bits per heavy atom. The van der Waals surface area contributed by atoms with Gasteiger partial charge in [-0.05, 0) is 36.6 Å². The number of fused-ring (bicyclic) bond motifs is 1. The standard InChI is InChI=1S/C18H19N5O/c1-20-18(24)14-8-6-13(7-9-14)11-15(12-19)17-22-21-16-5-3-2-4-10-23(16)17/h6-9,11H,2-5,10H2,1H3,(H,20,24). The average molecular weight is 321 g/mol. The van der Waals surface area contributed by atoms with Crippen LogP contribution in [0, 0.1) is 11.3 Å². The van der Waals surface area contributed by atoms with Gasteiger partial charge in [0, 0.05) is 25.6 Å². The molecule has 0 bridgehead atoms. The van der Waals surface area contributed by atoms with Gasteiger partial charge in [-0.25, -0.2) is 0 Å². The van der Waals surface area contributed by atoms with Gasteiger partial charge in [-0.3, -0.25) is 4.79 Å². The van der Waals surface area contributed by atoms with Gasteiger partial charge in [-0.2, -0.15) is 5.26 Å². The molecule has 1 N–H and O–H groups in total. The molecule has 0 unspecified atom stereocenters. The van der Waals surface area contributed by atoms with Crippen molar-refractivity contribution < 1.29 is 4.79 Å². The zero-order valence-corrected chi connectivity index (χ0v) is 13.6. The summed E-state index contributed by atoms with van der Waals surface area (Å²) in [5.74, 6) is 1.46. The van der Waals surface area contributed by atoms with Crippen LogP contribution < -0.4 is 5.32 Å². The Morgan fingerprint density at radius 2 is 2.04 bits per heavy atom. The summed E-state index contributed by atoms with van der Waals surface area (Å²) >= 11 is 0. The molecule has 1 amide bonds. The molecule has 0 radical (unpaired) electrons. The van der Waals surface area contributed by atoms with Crippen molar-refractivity contribution >= 4 is 17.6 Å². The number of nitrogens with one attached hydrogen (secondary N) is 1. The van der Waals surface area contributed by atoms with Crippen molar-refractivity contribution in [3.05, 3.63) is 47.0 Å². The maximum Gasteiger partial charge on any atom is 0.251 e. The van der Waals surface area contributed by atoms with Crippen LogP contribution in [0.3, 0.4) is 0 Å². The second-order valence-electron chi connectivity index (χ2n) is 5.77. The monoisotopic (exact) mass is 321 g/mol. The first-order valence-electron chi connectivity index (χ1n) is 8.09. The average Bonchev–Trinajstić information content (AvgIpc) is 2.87. The first-order valence-corrected chi connectivity index (χ1v) is 8.09. The minimum atomic E-state index is -0.131. The number of nitriles is 1. The number of carbonyl (C=O) groups excluding carboxylic acids is 1. The van der Waals surface area contributed by atoms with E-state index in [0.29, 0.717) is 17.0 Å². The van der Waals surface area contributed by atoms with Gasteiger partial charge in [0.05, 0.1) is 5.57 Å². The van der Waals surface area contributed by atoms with Crippen LogP contribution in [0.15, 0.2) is 24.3 Å². The fourth-order valence-corrected chi connectivity index (χ4v) is 2.87. The Hall–Kier alpha value is -2.94. The summed E-state index contributed by atoms with van der Waals surface area (Å²) in [6.45, 7) is 0.853. The number of amides is 1. The Kier molecular flexibility index (Phi) is 4.71. The highest BCUT2D eigenvalue weighted by Crippen LogP contribution is 2.21. The van der Waals surface area contributed by atoms with Crippen LogP contribution in [-0.2, 0) is 13.0 Å². The van der Waals surface area contributed by atoms with Crippen molar-refractivity contribution in [2.45, 2.75) is 32.2 Å². The van der Waals surface area contributed by atoms with Gasteiger partial charge in [0.1, 0.15) is 11.9 Å². The van der Waals surface area contributed by atoms with Crippen molar-refractivity contribution in [1.29, 1.82) is 5.26 Å². The van der Waals surface area contributed by atoms with E-state index in [2.05, 4.69) is 26.2 Å². The van der Waals surface area contributed by atoms with Gasteiger partial charge < -0.3 is 9.88 Å². The number of benzene rings is 1. The predicted molar refractivity (Wildman–Crippen MR) is 90.9 cm³/mol. The molecule has 0 fully saturated rings. The quantitative estimate of drug-likeness (QED) is 0.880. The lowest BCUT2D eigenvalue weighted by Gasteiger charge is -2.06. The zero-order chi connectivity index (χ0) is 16.9. The lowest BCUT2D eigenvalue weighted by atomic mass is 10.1. The molecule has 2 heterocycles. The molecule has 1 aliphatic rings. The van der Waals surface area contributed by atoms with Crippen molar-refractivity contribution in [1.82, 2.24) is 20.1 Å². The molecule has 24 heavy (non-hydrogen) atoms. The summed E-state index contributed by atoms with van der Waals surface area (Å²) in [4.78, 5) is 11.6. The minimum Gasteiger partial charge on any atom is -0.355 e. The summed E-state index contributed by atoms with van der Waals surface area (Å²) in [5.41, 5.74) is 1.93. The molecule has 6 nitrogen and oxygen atoms in total. The number of nitrogens with zero attached hydrogens (tertiary/aromatic N) is 4. The Labute approximate surface area is 140 Å². The lowest BCUT2D eigenvalue weighted by Crippen LogP contribution is -2.17. The molecule has 3 rings (SSSR count). The van der Waals surface area contributed by atoms with Crippen LogP contribution >= 0.6 is 0 Å². The first kappa shape index (κ1) is 15.9. The van der Waals surface area contributed by atoms with Gasteiger partial charge in [-0.1, -0.05) is 18.6 Å². The van der Waals surface area contributed by atoms with E-state index >= 15 is 0 Å². The van der Waals surface area contributed by atoms with Crippen LogP contribution in [-0.4, -0.2) is 27.7 Å². The highest BCUT2D eigenvalue weighted by atomic mass is 16.1. The van der Waals surface area contributed by atoms with Crippen LogP contribution in [0.2, 0.25) is 0 Å². The fourth-order valence-electron chi connectivity index (χ4n) is 2.87.